The molecular weight excluding hydrogens is 354 g/mol. The van der Waals surface area contributed by atoms with E-state index in [2.05, 4.69) is 23.3 Å². The highest BCUT2D eigenvalue weighted by atomic mass is 16.5. The molecule has 6 nitrogen and oxygen atoms in total. The lowest BCUT2D eigenvalue weighted by Crippen LogP contribution is -2.41. The molecule has 1 aliphatic heterocycles. The molecule has 2 heterocycles. The molecule has 3 unspecified atom stereocenters. The lowest BCUT2D eigenvalue weighted by molar-refractivity contribution is 0.119. The van der Waals surface area contributed by atoms with Crippen LogP contribution >= 0.6 is 0 Å². The Labute approximate surface area is 164 Å². The Morgan fingerprint density at radius 3 is 2.93 bits per heavy atom. The molecule has 28 heavy (non-hydrogen) atoms. The van der Waals surface area contributed by atoms with E-state index in [1.807, 2.05) is 36.4 Å². The van der Waals surface area contributed by atoms with Gasteiger partial charge in [-0.1, -0.05) is 30.3 Å². The standard InChI is InChI=1S/C22H27N3O3/c1-14(10-11-15-6-3-4-9-19(15)28-2)23-18-12-13-25-20-16(21(18)26)7-5-8-17(20)24-22(25)27/h3-9,14,18,21,23,26H,10-13H2,1-2H3,(H,24,27). The SMILES string of the molecule is COc1ccccc1CCC(C)NC1CCn2c(=O)[nH]c3cccc(c32)C1O. The summed E-state index contributed by atoms with van der Waals surface area (Å²) in [4.78, 5) is 15.1. The van der Waals surface area contributed by atoms with Gasteiger partial charge in [-0.05, 0) is 43.9 Å². The summed E-state index contributed by atoms with van der Waals surface area (Å²) in [6.07, 6.45) is 1.87. The van der Waals surface area contributed by atoms with Gasteiger partial charge in [-0.3, -0.25) is 4.57 Å². The van der Waals surface area contributed by atoms with Crippen molar-refractivity contribution in [2.75, 3.05) is 7.11 Å². The molecule has 148 valence electrons. The van der Waals surface area contributed by atoms with Gasteiger partial charge in [0.2, 0.25) is 0 Å². The molecule has 3 atom stereocenters. The number of imidazole rings is 1. The molecule has 3 N–H and O–H groups in total. The van der Waals surface area contributed by atoms with Gasteiger partial charge in [0.05, 0.1) is 24.2 Å². The van der Waals surface area contributed by atoms with Crippen molar-refractivity contribution in [3.05, 3.63) is 64.1 Å². The minimum atomic E-state index is -0.652. The van der Waals surface area contributed by atoms with Crippen molar-refractivity contribution in [3.63, 3.8) is 0 Å². The fourth-order valence-electron chi connectivity index (χ4n) is 4.25. The minimum Gasteiger partial charge on any atom is -0.496 e. The van der Waals surface area contributed by atoms with Crippen LogP contribution in [0.1, 0.15) is 37.0 Å². The van der Waals surface area contributed by atoms with Gasteiger partial charge in [0.15, 0.2) is 0 Å². The summed E-state index contributed by atoms with van der Waals surface area (Å²) in [6.45, 7) is 2.73. The van der Waals surface area contributed by atoms with Gasteiger partial charge in [0, 0.05) is 24.2 Å². The Balaban J connectivity index is 1.47. The number of aromatic amines is 1. The van der Waals surface area contributed by atoms with Crippen molar-refractivity contribution in [1.82, 2.24) is 14.9 Å². The number of nitrogens with zero attached hydrogens (tertiary/aromatic N) is 1. The predicted octanol–water partition coefficient (Wildman–Crippen LogP) is 2.75. The first-order valence-electron chi connectivity index (χ1n) is 9.86. The Kier molecular flexibility index (Phi) is 5.24. The van der Waals surface area contributed by atoms with Crippen molar-refractivity contribution in [3.8, 4) is 5.75 Å². The second-order valence-corrected chi connectivity index (χ2v) is 7.58. The molecule has 1 aromatic heterocycles. The van der Waals surface area contributed by atoms with Gasteiger partial charge >= 0.3 is 5.69 Å². The zero-order chi connectivity index (χ0) is 19.7. The molecule has 6 heteroatoms. The molecule has 0 amide bonds. The van der Waals surface area contributed by atoms with Crippen LogP contribution in [0.3, 0.4) is 0 Å². The first kappa shape index (κ1) is 18.8. The number of aliphatic hydroxyl groups is 1. The Hall–Kier alpha value is -2.57. The molecule has 0 saturated carbocycles. The van der Waals surface area contributed by atoms with Gasteiger partial charge in [-0.25, -0.2) is 4.79 Å². The van der Waals surface area contributed by atoms with Crippen molar-refractivity contribution < 1.29 is 9.84 Å². The average Bonchev–Trinajstić information content (AvgIpc) is 2.96. The number of rotatable bonds is 6. The van der Waals surface area contributed by atoms with Crippen LogP contribution in [0.15, 0.2) is 47.3 Å². The summed E-state index contributed by atoms with van der Waals surface area (Å²) < 4.78 is 7.18. The fourth-order valence-corrected chi connectivity index (χ4v) is 4.25. The second kappa shape index (κ2) is 7.81. The highest BCUT2D eigenvalue weighted by Gasteiger charge is 2.29. The number of benzene rings is 2. The lowest BCUT2D eigenvalue weighted by atomic mass is 9.98. The number of para-hydroxylation sites is 2. The highest BCUT2D eigenvalue weighted by Crippen LogP contribution is 2.30. The van der Waals surface area contributed by atoms with Crippen molar-refractivity contribution in [1.29, 1.82) is 0 Å². The van der Waals surface area contributed by atoms with Crippen LogP contribution in [0.5, 0.6) is 5.75 Å². The van der Waals surface area contributed by atoms with Gasteiger partial charge in [-0.15, -0.1) is 0 Å². The van der Waals surface area contributed by atoms with E-state index in [-0.39, 0.29) is 17.8 Å². The topological polar surface area (TPSA) is 79.3 Å². The van der Waals surface area contributed by atoms with Crippen LogP contribution in [0.25, 0.3) is 11.0 Å². The summed E-state index contributed by atoms with van der Waals surface area (Å²) in [7, 11) is 1.69. The van der Waals surface area contributed by atoms with E-state index in [0.717, 1.165) is 35.2 Å². The normalized spacial score (nSPS) is 20.1. The number of ether oxygens (including phenoxy) is 1. The third-order valence-electron chi connectivity index (χ3n) is 5.73. The number of aryl methyl sites for hydroxylation is 2. The van der Waals surface area contributed by atoms with E-state index in [1.165, 1.54) is 5.56 Å². The van der Waals surface area contributed by atoms with Gasteiger partial charge in [0.1, 0.15) is 5.75 Å². The Morgan fingerprint density at radius 1 is 1.29 bits per heavy atom. The van der Waals surface area contributed by atoms with Gasteiger partial charge < -0.3 is 20.1 Å². The third-order valence-corrected chi connectivity index (χ3v) is 5.73. The van der Waals surface area contributed by atoms with Crippen LogP contribution in [-0.4, -0.2) is 33.9 Å². The number of nitrogens with one attached hydrogen (secondary N) is 2. The zero-order valence-electron chi connectivity index (χ0n) is 16.3. The van der Waals surface area contributed by atoms with Gasteiger partial charge in [0.25, 0.3) is 0 Å². The maximum atomic E-state index is 12.3. The van der Waals surface area contributed by atoms with E-state index in [4.69, 9.17) is 4.74 Å². The van der Waals surface area contributed by atoms with Crippen LogP contribution in [0.4, 0.5) is 0 Å². The van der Waals surface area contributed by atoms with Crippen LogP contribution in [-0.2, 0) is 13.0 Å². The van der Waals surface area contributed by atoms with E-state index in [9.17, 15) is 9.90 Å². The predicted molar refractivity (Wildman–Crippen MR) is 110 cm³/mol. The minimum absolute atomic E-state index is 0.0995. The van der Waals surface area contributed by atoms with Crippen molar-refractivity contribution in [2.24, 2.45) is 0 Å². The fraction of sp³-hybridized carbons (Fsp3) is 0.409. The molecule has 3 aromatic rings. The molecule has 4 rings (SSSR count). The average molecular weight is 381 g/mol. The van der Waals surface area contributed by atoms with E-state index in [0.29, 0.717) is 13.0 Å². The molecular formula is C22H27N3O3. The van der Waals surface area contributed by atoms with E-state index < -0.39 is 6.10 Å². The Bertz CT molecular complexity index is 1020. The number of H-pyrrole nitrogens is 1. The molecule has 2 aromatic carbocycles. The first-order chi connectivity index (χ1) is 13.6. The lowest BCUT2D eigenvalue weighted by Gasteiger charge is -2.26. The quantitative estimate of drug-likeness (QED) is 0.613. The first-order valence-corrected chi connectivity index (χ1v) is 9.86. The third kappa shape index (κ3) is 3.45. The summed E-state index contributed by atoms with van der Waals surface area (Å²) >= 11 is 0. The monoisotopic (exact) mass is 381 g/mol. The number of aliphatic hydroxyl groups excluding tert-OH is 1. The Morgan fingerprint density at radius 2 is 2.11 bits per heavy atom. The summed E-state index contributed by atoms with van der Waals surface area (Å²) in [5.74, 6) is 0.912. The van der Waals surface area contributed by atoms with Crippen molar-refractivity contribution >= 4 is 11.0 Å². The zero-order valence-corrected chi connectivity index (χ0v) is 16.3. The van der Waals surface area contributed by atoms with Crippen LogP contribution in [0.2, 0.25) is 0 Å². The highest BCUT2D eigenvalue weighted by molar-refractivity contribution is 5.79. The van der Waals surface area contributed by atoms with Crippen molar-refractivity contribution in [2.45, 2.75) is 50.9 Å². The number of methoxy groups -OCH3 is 1. The van der Waals surface area contributed by atoms with Crippen LogP contribution < -0.4 is 15.7 Å². The number of hydrogen-bond acceptors (Lipinski definition) is 4. The smallest absolute Gasteiger partial charge is 0.326 e. The maximum absolute atomic E-state index is 12.3. The molecule has 0 radical (unpaired) electrons. The molecule has 0 saturated heterocycles. The van der Waals surface area contributed by atoms with E-state index in [1.54, 1.807) is 11.7 Å². The second-order valence-electron chi connectivity index (χ2n) is 7.58. The molecule has 0 fully saturated rings. The number of aromatic nitrogens is 2. The summed E-state index contributed by atoms with van der Waals surface area (Å²) in [5, 5.41) is 14.6. The van der Waals surface area contributed by atoms with Crippen LogP contribution in [0, 0.1) is 0 Å². The molecule has 0 aliphatic carbocycles. The number of hydrogen-bond donors (Lipinski definition) is 3. The van der Waals surface area contributed by atoms with E-state index >= 15 is 0 Å². The maximum Gasteiger partial charge on any atom is 0.326 e. The summed E-state index contributed by atoms with van der Waals surface area (Å²) in [5.41, 5.74) is 3.49. The largest absolute Gasteiger partial charge is 0.496 e. The van der Waals surface area contributed by atoms with Gasteiger partial charge in [-0.2, -0.15) is 0 Å². The molecule has 0 spiro atoms. The molecule has 1 aliphatic rings. The molecule has 0 bridgehead atoms. The summed E-state index contributed by atoms with van der Waals surface area (Å²) in [6, 6.07) is 13.9.